The number of hydrogen-bond donors (Lipinski definition) is 1. The summed E-state index contributed by atoms with van der Waals surface area (Å²) in [5.74, 6) is -0.0813. The third kappa shape index (κ3) is 4.96. The lowest BCUT2D eigenvalue weighted by molar-refractivity contribution is -0.119. The summed E-state index contributed by atoms with van der Waals surface area (Å²) in [6.45, 7) is 3.50. The van der Waals surface area contributed by atoms with Crippen molar-refractivity contribution in [3.8, 4) is 11.5 Å². The molecule has 0 aliphatic rings. The molecule has 0 radical (unpaired) electrons. The minimum absolute atomic E-state index is 0.168. The zero-order valence-corrected chi connectivity index (χ0v) is 18.8. The molecule has 3 aromatic carbocycles. The minimum atomic E-state index is -0.667. The van der Waals surface area contributed by atoms with Crippen LogP contribution in [0.1, 0.15) is 23.0 Å². The number of aryl methyl sites for hydroxylation is 2. The summed E-state index contributed by atoms with van der Waals surface area (Å²) in [4.78, 5) is 41.5. The van der Waals surface area contributed by atoms with E-state index in [-0.39, 0.29) is 11.1 Å². The van der Waals surface area contributed by atoms with Crippen LogP contribution in [0, 0.1) is 6.92 Å². The summed E-state index contributed by atoms with van der Waals surface area (Å²) in [7, 11) is 0. The number of esters is 1. The van der Waals surface area contributed by atoms with E-state index in [1.54, 1.807) is 66.1 Å². The maximum absolute atomic E-state index is 12.5. The second-order valence-electron chi connectivity index (χ2n) is 7.49. The van der Waals surface area contributed by atoms with Gasteiger partial charge in [-0.05, 0) is 56.3 Å². The Kier molecular flexibility index (Phi) is 6.68. The summed E-state index contributed by atoms with van der Waals surface area (Å²) in [5, 5.41) is 2.70. The van der Waals surface area contributed by atoms with Crippen LogP contribution in [-0.2, 0) is 16.1 Å². The van der Waals surface area contributed by atoms with Gasteiger partial charge in [0.1, 0.15) is 11.4 Å². The molecular formula is C26H23N3O5. The van der Waals surface area contributed by atoms with E-state index in [9.17, 15) is 14.4 Å². The summed E-state index contributed by atoms with van der Waals surface area (Å²) in [5.41, 5.74) is 2.00. The third-order valence-electron chi connectivity index (χ3n) is 5.13. The number of nitrogens with one attached hydrogen (secondary N) is 1. The molecule has 8 heteroatoms. The maximum atomic E-state index is 12.5. The molecule has 0 aliphatic heterocycles. The van der Waals surface area contributed by atoms with Gasteiger partial charge in [0.25, 0.3) is 11.5 Å². The van der Waals surface area contributed by atoms with Gasteiger partial charge in [0.15, 0.2) is 12.4 Å². The Hall–Kier alpha value is -4.46. The van der Waals surface area contributed by atoms with Crippen LogP contribution < -0.4 is 15.6 Å². The van der Waals surface area contributed by atoms with Crippen molar-refractivity contribution in [1.29, 1.82) is 0 Å². The van der Waals surface area contributed by atoms with Crippen LogP contribution in [0.4, 0.5) is 5.69 Å². The lowest BCUT2D eigenvalue weighted by Crippen LogP contribution is -2.23. The van der Waals surface area contributed by atoms with Crippen LogP contribution in [0.2, 0.25) is 0 Å². The first kappa shape index (κ1) is 22.7. The van der Waals surface area contributed by atoms with E-state index < -0.39 is 18.5 Å². The van der Waals surface area contributed by atoms with E-state index in [0.717, 1.165) is 0 Å². The van der Waals surface area contributed by atoms with Gasteiger partial charge < -0.3 is 19.4 Å². The summed E-state index contributed by atoms with van der Waals surface area (Å²) < 4.78 is 12.6. The number of rotatable bonds is 7. The molecular weight excluding hydrogens is 434 g/mol. The Labute approximate surface area is 195 Å². The molecule has 4 rings (SSSR count). The molecule has 1 amide bonds. The van der Waals surface area contributed by atoms with Crippen LogP contribution in [0.5, 0.6) is 11.5 Å². The van der Waals surface area contributed by atoms with E-state index in [4.69, 9.17) is 9.47 Å². The van der Waals surface area contributed by atoms with E-state index in [1.807, 2.05) is 25.1 Å². The van der Waals surface area contributed by atoms with E-state index in [0.29, 0.717) is 40.5 Å². The first-order valence-corrected chi connectivity index (χ1v) is 10.8. The van der Waals surface area contributed by atoms with Crippen molar-refractivity contribution in [2.75, 3.05) is 11.9 Å². The highest BCUT2D eigenvalue weighted by atomic mass is 16.5. The molecule has 0 spiro atoms. The van der Waals surface area contributed by atoms with Crippen LogP contribution in [-0.4, -0.2) is 28.0 Å². The standard InChI is InChI=1S/C26H23N3O5/c1-3-29-22-14-13-18(15-21(22)27-17(2)25(29)31)26(32)33-16-24(30)28-20-11-7-8-12-23(20)34-19-9-5-4-6-10-19/h4-15H,3,16H2,1-2H3,(H,28,30). The highest BCUT2D eigenvalue weighted by Gasteiger charge is 2.15. The van der Waals surface area contributed by atoms with E-state index in [2.05, 4.69) is 10.3 Å². The van der Waals surface area contributed by atoms with Gasteiger partial charge in [-0.3, -0.25) is 9.59 Å². The number of hydrogen-bond acceptors (Lipinski definition) is 6. The van der Waals surface area contributed by atoms with Gasteiger partial charge in [0.2, 0.25) is 0 Å². The molecule has 1 aromatic heterocycles. The predicted molar refractivity (Wildman–Crippen MR) is 128 cm³/mol. The lowest BCUT2D eigenvalue weighted by Gasteiger charge is -2.12. The lowest BCUT2D eigenvalue weighted by atomic mass is 10.2. The monoisotopic (exact) mass is 457 g/mol. The maximum Gasteiger partial charge on any atom is 0.338 e. The number of carbonyl (C=O) groups excluding carboxylic acids is 2. The van der Waals surface area contributed by atoms with Gasteiger partial charge in [0, 0.05) is 6.54 Å². The van der Waals surface area contributed by atoms with Gasteiger partial charge in [-0.15, -0.1) is 0 Å². The Morgan fingerprint density at radius 3 is 2.50 bits per heavy atom. The van der Waals surface area contributed by atoms with Crippen LogP contribution >= 0.6 is 0 Å². The second kappa shape index (κ2) is 9.99. The Balaban J connectivity index is 1.43. The number of anilines is 1. The summed E-state index contributed by atoms with van der Waals surface area (Å²) >= 11 is 0. The Morgan fingerprint density at radius 1 is 1.00 bits per heavy atom. The normalized spacial score (nSPS) is 10.6. The van der Waals surface area contributed by atoms with Gasteiger partial charge >= 0.3 is 5.97 Å². The number of benzene rings is 3. The number of carbonyl (C=O) groups is 2. The quantitative estimate of drug-likeness (QED) is 0.415. The molecule has 0 saturated heterocycles. The highest BCUT2D eigenvalue weighted by Crippen LogP contribution is 2.29. The number of nitrogens with zero attached hydrogens (tertiary/aromatic N) is 2. The van der Waals surface area contributed by atoms with E-state index >= 15 is 0 Å². The van der Waals surface area contributed by atoms with Gasteiger partial charge in [-0.1, -0.05) is 30.3 Å². The van der Waals surface area contributed by atoms with Crippen LogP contribution in [0.3, 0.4) is 0 Å². The fourth-order valence-corrected chi connectivity index (χ4v) is 3.49. The number of aromatic nitrogens is 2. The number of ether oxygens (including phenoxy) is 2. The largest absolute Gasteiger partial charge is 0.455 e. The van der Waals surface area contributed by atoms with E-state index in [1.165, 1.54) is 0 Å². The molecule has 0 fully saturated rings. The van der Waals surface area contributed by atoms with Crippen molar-refractivity contribution in [2.24, 2.45) is 0 Å². The average Bonchev–Trinajstić information content (AvgIpc) is 2.85. The minimum Gasteiger partial charge on any atom is -0.455 e. The molecule has 0 saturated carbocycles. The van der Waals surface area contributed by atoms with Crippen LogP contribution in [0.25, 0.3) is 11.0 Å². The van der Waals surface area contributed by atoms with Crippen molar-refractivity contribution in [1.82, 2.24) is 9.55 Å². The molecule has 0 bridgehead atoms. The van der Waals surface area contributed by atoms with Crippen molar-refractivity contribution in [2.45, 2.75) is 20.4 Å². The Morgan fingerprint density at radius 2 is 1.74 bits per heavy atom. The third-order valence-corrected chi connectivity index (χ3v) is 5.13. The Bertz CT molecular complexity index is 1410. The molecule has 1 heterocycles. The molecule has 172 valence electrons. The smallest absolute Gasteiger partial charge is 0.338 e. The summed E-state index contributed by atoms with van der Waals surface area (Å²) in [6.07, 6.45) is 0. The van der Waals surface area contributed by atoms with Gasteiger partial charge in [-0.25, -0.2) is 9.78 Å². The highest BCUT2D eigenvalue weighted by molar-refractivity contribution is 5.97. The SMILES string of the molecule is CCn1c(=O)c(C)nc2cc(C(=O)OCC(=O)Nc3ccccc3Oc3ccccc3)ccc21. The molecule has 4 aromatic rings. The molecule has 0 atom stereocenters. The zero-order chi connectivity index (χ0) is 24.1. The fourth-order valence-electron chi connectivity index (χ4n) is 3.49. The number of amides is 1. The topological polar surface area (TPSA) is 99.5 Å². The molecule has 1 N–H and O–H groups in total. The van der Waals surface area contributed by atoms with Gasteiger partial charge in [-0.2, -0.15) is 0 Å². The molecule has 8 nitrogen and oxygen atoms in total. The van der Waals surface area contributed by atoms with Gasteiger partial charge in [0.05, 0.1) is 22.3 Å². The second-order valence-corrected chi connectivity index (χ2v) is 7.49. The van der Waals surface area contributed by atoms with Crippen molar-refractivity contribution >= 4 is 28.6 Å². The number of para-hydroxylation sites is 3. The molecule has 0 unspecified atom stereocenters. The average molecular weight is 457 g/mol. The zero-order valence-electron chi connectivity index (χ0n) is 18.8. The molecule has 34 heavy (non-hydrogen) atoms. The number of fused-ring (bicyclic) bond motifs is 1. The first-order chi connectivity index (χ1) is 16.5. The van der Waals surface area contributed by atoms with Crippen LogP contribution in [0.15, 0.2) is 77.6 Å². The first-order valence-electron chi connectivity index (χ1n) is 10.8. The van der Waals surface area contributed by atoms with Crippen molar-refractivity contribution in [3.05, 3.63) is 94.4 Å². The predicted octanol–water partition coefficient (Wildman–Crippen LogP) is 4.31. The van der Waals surface area contributed by atoms with Crippen molar-refractivity contribution < 1.29 is 19.1 Å². The van der Waals surface area contributed by atoms with Crippen molar-refractivity contribution in [3.63, 3.8) is 0 Å². The molecule has 0 aliphatic carbocycles. The fraction of sp³-hybridized carbons (Fsp3) is 0.154. The summed E-state index contributed by atoms with van der Waals surface area (Å²) in [6, 6.07) is 20.9.